The lowest BCUT2D eigenvalue weighted by atomic mass is 10.2. The highest BCUT2D eigenvalue weighted by molar-refractivity contribution is 6.32. The summed E-state index contributed by atoms with van der Waals surface area (Å²) in [5.74, 6) is 0.791. The molecule has 0 saturated heterocycles. The van der Waals surface area contributed by atoms with E-state index in [4.69, 9.17) is 20.8 Å². The number of halogens is 2. The molecule has 0 bridgehead atoms. The highest BCUT2D eigenvalue weighted by Gasteiger charge is 2.08. The molecule has 134 valence electrons. The molecule has 0 atom stereocenters. The smallest absolute Gasteiger partial charge is 0.206 e. The van der Waals surface area contributed by atoms with Crippen molar-refractivity contribution < 1.29 is 18.3 Å². The van der Waals surface area contributed by atoms with Crippen molar-refractivity contribution in [2.45, 2.75) is 20.1 Å². The molecule has 0 saturated carbocycles. The minimum absolute atomic E-state index is 0.133. The molecule has 0 radical (unpaired) electrons. The van der Waals surface area contributed by atoms with Gasteiger partial charge in [-0.3, -0.25) is 9.48 Å². The molecule has 1 aromatic carbocycles. The normalized spacial score (nSPS) is 11.2. The fourth-order valence-corrected chi connectivity index (χ4v) is 2.44. The van der Waals surface area contributed by atoms with E-state index in [2.05, 4.69) is 5.10 Å². The van der Waals surface area contributed by atoms with Gasteiger partial charge in [-0.1, -0.05) is 11.6 Å². The molecule has 3 aromatic rings. The summed E-state index contributed by atoms with van der Waals surface area (Å²) in [5, 5.41) is 4.34. The Bertz CT molecular complexity index is 946. The Morgan fingerprint density at radius 1 is 1.35 bits per heavy atom. The van der Waals surface area contributed by atoms with Crippen LogP contribution in [0.4, 0.5) is 4.39 Å². The molecule has 0 amide bonds. The predicted octanol–water partition coefficient (Wildman–Crippen LogP) is 4.76. The van der Waals surface area contributed by atoms with E-state index in [1.165, 1.54) is 24.3 Å². The Balaban J connectivity index is 1.59. The van der Waals surface area contributed by atoms with Gasteiger partial charge in [0.25, 0.3) is 0 Å². The lowest BCUT2D eigenvalue weighted by Crippen LogP contribution is -1.99. The number of benzene rings is 1. The first-order valence-electron chi connectivity index (χ1n) is 7.97. The number of carbonyl (C=O) groups excluding carboxylic acids is 1. The van der Waals surface area contributed by atoms with Gasteiger partial charge >= 0.3 is 0 Å². The molecule has 0 aliphatic rings. The Morgan fingerprint density at radius 2 is 2.19 bits per heavy atom. The van der Waals surface area contributed by atoms with Crippen LogP contribution in [0.2, 0.25) is 5.02 Å². The maximum absolute atomic E-state index is 13.0. The van der Waals surface area contributed by atoms with Gasteiger partial charge in [0.15, 0.2) is 0 Å². The van der Waals surface area contributed by atoms with Crippen LogP contribution >= 0.6 is 11.6 Å². The van der Waals surface area contributed by atoms with E-state index >= 15 is 0 Å². The number of carbonyl (C=O) groups is 1. The zero-order chi connectivity index (χ0) is 18.5. The second-order valence-electron chi connectivity index (χ2n) is 5.42. The Labute approximate surface area is 154 Å². The Kier molecular flexibility index (Phi) is 5.53. The monoisotopic (exact) mass is 374 g/mol. The molecule has 5 nitrogen and oxygen atoms in total. The third-order valence-corrected chi connectivity index (χ3v) is 3.86. The lowest BCUT2D eigenvalue weighted by molar-refractivity contribution is 0.104. The molecule has 0 aliphatic heterocycles. The number of rotatable bonds is 7. The summed E-state index contributed by atoms with van der Waals surface area (Å²) < 4.78 is 25.8. The maximum Gasteiger partial charge on any atom is 0.206 e. The summed E-state index contributed by atoms with van der Waals surface area (Å²) >= 11 is 5.90. The van der Waals surface area contributed by atoms with Crippen molar-refractivity contribution in [1.82, 2.24) is 9.78 Å². The fourth-order valence-electron chi connectivity index (χ4n) is 2.22. The Hall–Kier alpha value is -2.86. The summed E-state index contributed by atoms with van der Waals surface area (Å²) in [7, 11) is 0. The van der Waals surface area contributed by atoms with Crippen molar-refractivity contribution in [1.29, 1.82) is 0 Å². The average Bonchev–Trinajstić information content (AvgIpc) is 3.28. The number of hydrogen-bond acceptors (Lipinski definition) is 4. The van der Waals surface area contributed by atoms with E-state index in [-0.39, 0.29) is 17.4 Å². The van der Waals surface area contributed by atoms with Gasteiger partial charge in [-0.15, -0.1) is 0 Å². The number of aryl methyl sites for hydroxylation is 1. The fraction of sp³-hybridized carbons (Fsp3) is 0.158. The minimum Gasteiger partial charge on any atom is -0.484 e. The van der Waals surface area contributed by atoms with Crippen LogP contribution in [0.3, 0.4) is 0 Å². The van der Waals surface area contributed by atoms with Crippen molar-refractivity contribution in [2.75, 3.05) is 0 Å². The quantitative estimate of drug-likeness (QED) is 0.442. The predicted molar refractivity (Wildman–Crippen MR) is 95.7 cm³/mol. The van der Waals surface area contributed by atoms with Crippen LogP contribution in [0.25, 0.3) is 6.08 Å². The second-order valence-corrected chi connectivity index (χ2v) is 5.83. The van der Waals surface area contributed by atoms with E-state index in [1.807, 2.05) is 6.92 Å². The SMILES string of the molecule is CCn1ccc(C(=O)/C=C/c2ccc(COc3ccc(F)cc3Cl)o2)n1. The third kappa shape index (κ3) is 4.40. The summed E-state index contributed by atoms with van der Waals surface area (Å²) in [6, 6.07) is 9.02. The highest BCUT2D eigenvalue weighted by Crippen LogP contribution is 2.26. The number of aromatic nitrogens is 2. The molecule has 0 N–H and O–H groups in total. The standard InChI is InChI=1S/C19H16ClFN2O3/c1-2-23-10-9-17(22-23)18(24)7-6-14-4-5-15(26-14)12-25-19-8-3-13(21)11-16(19)20/h3-11H,2,12H2,1H3/b7-6+. The molecule has 0 unspecified atom stereocenters. The number of ether oxygens (including phenoxy) is 1. The van der Waals surface area contributed by atoms with Crippen LogP contribution in [0.5, 0.6) is 5.75 Å². The third-order valence-electron chi connectivity index (χ3n) is 3.56. The van der Waals surface area contributed by atoms with Crippen molar-refractivity contribution in [3.63, 3.8) is 0 Å². The molecule has 2 heterocycles. The van der Waals surface area contributed by atoms with Gasteiger partial charge in [-0.2, -0.15) is 5.10 Å². The van der Waals surface area contributed by atoms with Crippen LogP contribution in [0.15, 0.2) is 53.1 Å². The molecule has 26 heavy (non-hydrogen) atoms. The van der Waals surface area contributed by atoms with E-state index in [0.717, 1.165) is 0 Å². The molecular weight excluding hydrogens is 359 g/mol. The van der Waals surface area contributed by atoms with Gasteiger partial charge in [-0.05, 0) is 55.5 Å². The van der Waals surface area contributed by atoms with Crippen molar-refractivity contribution in [2.24, 2.45) is 0 Å². The van der Waals surface area contributed by atoms with Crippen LogP contribution in [0, 0.1) is 5.82 Å². The van der Waals surface area contributed by atoms with Gasteiger partial charge in [0.1, 0.15) is 35.4 Å². The van der Waals surface area contributed by atoms with E-state index < -0.39 is 5.82 Å². The van der Waals surface area contributed by atoms with E-state index in [0.29, 0.717) is 29.5 Å². The molecule has 0 spiro atoms. The zero-order valence-electron chi connectivity index (χ0n) is 14.0. The Morgan fingerprint density at radius 3 is 2.92 bits per heavy atom. The topological polar surface area (TPSA) is 57.3 Å². The number of allylic oxidation sites excluding steroid dienone is 1. The first-order valence-corrected chi connectivity index (χ1v) is 8.35. The first kappa shape index (κ1) is 17.9. The van der Waals surface area contributed by atoms with Gasteiger partial charge in [-0.25, -0.2) is 4.39 Å². The molecule has 3 rings (SSSR count). The molecule has 0 fully saturated rings. The zero-order valence-corrected chi connectivity index (χ0v) is 14.7. The van der Waals surface area contributed by atoms with Gasteiger partial charge in [0, 0.05) is 12.7 Å². The average molecular weight is 375 g/mol. The maximum atomic E-state index is 13.0. The highest BCUT2D eigenvalue weighted by atomic mass is 35.5. The lowest BCUT2D eigenvalue weighted by Gasteiger charge is -2.05. The largest absolute Gasteiger partial charge is 0.484 e. The summed E-state index contributed by atoms with van der Waals surface area (Å²) in [6.07, 6.45) is 4.73. The van der Waals surface area contributed by atoms with Crippen LogP contribution < -0.4 is 4.74 Å². The summed E-state index contributed by atoms with van der Waals surface area (Å²) in [4.78, 5) is 12.1. The molecule has 0 aliphatic carbocycles. The summed E-state index contributed by atoms with van der Waals surface area (Å²) in [6.45, 7) is 2.79. The van der Waals surface area contributed by atoms with Crippen LogP contribution in [0.1, 0.15) is 28.9 Å². The molecular formula is C19H16ClFN2O3. The van der Waals surface area contributed by atoms with Crippen molar-refractivity contribution in [3.05, 3.63) is 76.7 Å². The summed E-state index contributed by atoms with van der Waals surface area (Å²) in [5.41, 5.74) is 0.379. The van der Waals surface area contributed by atoms with Gasteiger partial charge < -0.3 is 9.15 Å². The van der Waals surface area contributed by atoms with E-state index in [1.54, 1.807) is 35.2 Å². The van der Waals surface area contributed by atoms with Crippen molar-refractivity contribution >= 4 is 23.5 Å². The van der Waals surface area contributed by atoms with E-state index in [9.17, 15) is 9.18 Å². The minimum atomic E-state index is -0.429. The van der Waals surface area contributed by atoms with Gasteiger partial charge in [0.2, 0.25) is 5.78 Å². The molecule has 2 aromatic heterocycles. The van der Waals surface area contributed by atoms with Crippen LogP contribution in [-0.4, -0.2) is 15.6 Å². The second kappa shape index (κ2) is 8.01. The number of hydrogen-bond donors (Lipinski definition) is 0. The first-order chi connectivity index (χ1) is 12.5. The van der Waals surface area contributed by atoms with Crippen molar-refractivity contribution in [3.8, 4) is 5.75 Å². The number of furan rings is 1. The number of ketones is 1. The van der Waals surface area contributed by atoms with Crippen LogP contribution in [-0.2, 0) is 13.2 Å². The van der Waals surface area contributed by atoms with Gasteiger partial charge in [0.05, 0.1) is 5.02 Å². The number of nitrogens with zero attached hydrogens (tertiary/aromatic N) is 2. The molecule has 7 heteroatoms.